The predicted molar refractivity (Wildman–Crippen MR) is 195 cm³/mol. The largest absolute Gasteiger partial charge is 0.393 e. The summed E-state index contributed by atoms with van der Waals surface area (Å²) >= 11 is 0. The molecular formula is C41H70N2O4. The van der Waals surface area contributed by atoms with Gasteiger partial charge >= 0.3 is 0 Å². The lowest BCUT2D eigenvalue weighted by molar-refractivity contribution is -0.131. The van der Waals surface area contributed by atoms with Gasteiger partial charge in [0.1, 0.15) is 0 Å². The van der Waals surface area contributed by atoms with Gasteiger partial charge in [0.15, 0.2) is 0 Å². The molecule has 0 spiro atoms. The summed E-state index contributed by atoms with van der Waals surface area (Å²) in [7, 11) is 0. The minimum atomic E-state index is -0.861. The third-order valence-corrected chi connectivity index (χ3v) is 11.0. The topological polar surface area (TPSA) is 89.9 Å². The van der Waals surface area contributed by atoms with Crippen LogP contribution in [0, 0.1) is 23.7 Å². The molecular weight excluding hydrogens is 584 g/mol. The maximum atomic E-state index is 12.7. The van der Waals surface area contributed by atoms with Gasteiger partial charge < -0.3 is 20.4 Å². The van der Waals surface area contributed by atoms with Crippen LogP contribution in [0.25, 0.3) is 0 Å². The van der Waals surface area contributed by atoms with Crippen LogP contribution in [-0.4, -0.2) is 58.3 Å². The second kappa shape index (κ2) is 22.7. The molecule has 3 N–H and O–H groups in total. The Labute approximate surface area is 287 Å². The number of hydrogen-bond acceptors (Lipinski definition) is 4. The molecule has 3 aliphatic rings. The Morgan fingerprint density at radius 2 is 1.60 bits per heavy atom. The second-order valence-electron chi connectivity index (χ2n) is 15.3. The number of carbonyl (C=O) groups excluding carboxylic acids is 2. The quantitative estimate of drug-likeness (QED) is 0.0759. The van der Waals surface area contributed by atoms with E-state index in [0.717, 1.165) is 25.7 Å². The highest BCUT2D eigenvalue weighted by Gasteiger charge is 2.33. The lowest BCUT2D eigenvalue weighted by atomic mass is 9.66. The van der Waals surface area contributed by atoms with Crippen molar-refractivity contribution >= 4 is 11.8 Å². The van der Waals surface area contributed by atoms with Gasteiger partial charge in [0.25, 0.3) is 0 Å². The lowest BCUT2D eigenvalue weighted by Gasteiger charge is -2.39. The second-order valence-corrected chi connectivity index (χ2v) is 15.3. The van der Waals surface area contributed by atoms with Crippen LogP contribution in [0.15, 0.2) is 36.0 Å². The van der Waals surface area contributed by atoms with Gasteiger partial charge in [-0.15, -0.1) is 0 Å². The number of aliphatic hydroxyl groups excluding tert-OH is 2. The van der Waals surface area contributed by atoms with Crippen molar-refractivity contribution < 1.29 is 19.8 Å². The van der Waals surface area contributed by atoms with E-state index < -0.39 is 12.2 Å². The minimum absolute atomic E-state index is 0.00755. The van der Waals surface area contributed by atoms with E-state index in [9.17, 15) is 19.8 Å². The highest BCUT2D eigenvalue weighted by molar-refractivity contribution is 5.78. The van der Waals surface area contributed by atoms with Gasteiger partial charge in [-0.05, 0) is 99.9 Å². The first kappa shape index (κ1) is 39.5. The molecule has 0 radical (unpaired) electrons. The minimum Gasteiger partial charge on any atom is -0.393 e. The number of allylic oxidation sites excluding steroid dienone is 6. The summed E-state index contributed by atoms with van der Waals surface area (Å²) in [6, 6.07) is -0.0565. The van der Waals surface area contributed by atoms with Crippen LogP contribution in [0.4, 0.5) is 0 Å². The smallest absolute Gasteiger partial charge is 0.222 e. The van der Waals surface area contributed by atoms with Crippen molar-refractivity contribution in [2.75, 3.05) is 13.1 Å². The van der Waals surface area contributed by atoms with Gasteiger partial charge in [-0.1, -0.05) is 103 Å². The fourth-order valence-electron chi connectivity index (χ4n) is 8.03. The van der Waals surface area contributed by atoms with E-state index in [4.69, 9.17) is 0 Å². The Hall–Kier alpha value is -1.92. The van der Waals surface area contributed by atoms with E-state index in [-0.39, 0.29) is 30.7 Å². The van der Waals surface area contributed by atoms with E-state index in [1.165, 1.54) is 89.0 Å². The molecule has 1 saturated heterocycles. The molecule has 7 atom stereocenters. The van der Waals surface area contributed by atoms with Crippen LogP contribution in [-0.2, 0) is 9.59 Å². The van der Waals surface area contributed by atoms with Crippen LogP contribution in [0.1, 0.15) is 156 Å². The van der Waals surface area contributed by atoms with Crippen molar-refractivity contribution in [3.05, 3.63) is 36.0 Å². The zero-order chi connectivity index (χ0) is 33.9. The van der Waals surface area contributed by atoms with Crippen LogP contribution in [0.2, 0.25) is 0 Å². The summed E-state index contributed by atoms with van der Waals surface area (Å²) in [4.78, 5) is 27.3. The first-order valence-corrected chi connectivity index (χ1v) is 19.7. The molecule has 1 aliphatic heterocycles. The number of amides is 2. The Balaban J connectivity index is 1.19. The average molecular weight is 655 g/mol. The fraction of sp³-hybridized carbons (Fsp3) is 0.805. The van der Waals surface area contributed by atoms with Crippen LogP contribution >= 0.6 is 0 Å². The van der Waals surface area contributed by atoms with Crippen molar-refractivity contribution in [1.29, 1.82) is 0 Å². The number of fused-ring (bicyclic) bond motifs is 1. The summed E-state index contributed by atoms with van der Waals surface area (Å²) in [5.74, 6) is 2.23. The van der Waals surface area contributed by atoms with Crippen LogP contribution in [0.5, 0.6) is 0 Å². The molecule has 0 aromatic carbocycles. The van der Waals surface area contributed by atoms with E-state index >= 15 is 0 Å². The number of carbonyl (C=O) groups is 2. The molecule has 6 heteroatoms. The van der Waals surface area contributed by atoms with E-state index in [1.54, 1.807) is 0 Å². The number of aliphatic hydroxyl groups is 2. The van der Waals surface area contributed by atoms with Gasteiger partial charge in [-0.2, -0.15) is 0 Å². The number of hydrogen-bond donors (Lipinski definition) is 3. The summed E-state index contributed by atoms with van der Waals surface area (Å²) < 4.78 is 0. The van der Waals surface area contributed by atoms with Crippen molar-refractivity contribution in [2.24, 2.45) is 23.7 Å². The number of unbranched alkanes of at least 4 members (excludes halogenated alkanes) is 11. The SMILES string of the molecule is CCCCCCCC/C=C\CCCCCCCC(=O)N1CC[C@H](NC(=O)C[C@H](O)C[C@@H](O)CC[C@@H]2C3CC[C@@H](C)C=C3C=C[C@@H]2C)C1. The zero-order valence-corrected chi connectivity index (χ0v) is 30.3. The van der Waals surface area contributed by atoms with Crippen molar-refractivity contribution in [2.45, 2.75) is 174 Å². The van der Waals surface area contributed by atoms with E-state index in [2.05, 4.69) is 56.5 Å². The molecule has 2 amide bonds. The number of nitrogens with zero attached hydrogens (tertiary/aromatic N) is 1. The average Bonchev–Trinajstić information content (AvgIpc) is 3.50. The fourth-order valence-corrected chi connectivity index (χ4v) is 8.03. The van der Waals surface area contributed by atoms with Crippen molar-refractivity contribution in [3.8, 4) is 0 Å². The molecule has 268 valence electrons. The standard InChI is InChI=1S/C41H70N2O4/c1-4-5-6-7-8-9-10-11-12-13-14-15-16-17-18-19-41(47)43-27-26-35(31-43)42-40(46)30-37(45)29-36(44)23-25-38-33(3)21-22-34-28-32(2)20-24-39(34)38/h11-12,21-22,28,32-33,35-39,44-45H,4-10,13-20,23-27,29-31H2,1-3H3,(H,42,46)/b12-11-/t32-,33+,35+,36+,37-,38+,39?/m1/s1. The normalized spacial score (nSPS) is 25.5. The van der Waals surface area contributed by atoms with Crippen molar-refractivity contribution in [1.82, 2.24) is 10.2 Å². The number of rotatable bonds is 23. The first-order chi connectivity index (χ1) is 22.8. The molecule has 2 aliphatic carbocycles. The first-order valence-electron chi connectivity index (χ1n) is 19.7. The van der Waals surface area contributed by atoms with E-state index in [0.29, 0.717) is 49.6 Å². The molecule has 1 fully saturated rings. The van der Waals surface area contributed by atoms with Gasteiger partial charge in [0.05, 0.1) is 18.6 Å². The molecule has 1 unspecified atom stereocenters. The summed E-state index contributed by atoms with van der Waals surface area (Å²) in [6.45, 7) is 8.06. The number of likely N-dealkylation sites (tertiary alicyclic amines) is 1. The Bertz CT molecular complexity index is 990. The van der Waals surface area contributed by atoms with Gasteiger partial charge in [0, 0.05) is 25.6 Å². The Kier molecular flexibility index (Phi) is 19.1. The summed E-state index contributed by atoms with van der Waals surface area (Å²) in [6.07, 6.45) is 32.1. The molecule has 3 rings (SSSR count). The van der Waals surface area contributed by atoms with E-state index in [1.807, 2.05) is 4.90 Å². The summed E-state index contributed by atoms with van der Waals surface area (Å²) in [5.41, 5.74) is 1.47. The van der Waals surface area contributed by atoms with Crippen molar-refractivity contribution in [3.63, 3.8) is 0 Å². The maximum Gasteiger partial charge on any atom is 0.222 e. The van der Waals surface area contributed by atoms with Gasteiger partial charge in [-0.25, -0.2) is 0 Å². The maximum absolute atomic E-state index is 12.7. The molecule has 0 saturated carbocycles. The molecule has 0 aromatic rings. The highest BCUT2D eigenvalue weighted by atomic mass is 16.3. The molecule has 47 heavy (non-hydrogen) atoms. The molecule has 0 bridgehead atoms. The van der Waals surface area contributed by atoms with Crippen LogP contribution < -0.4 is 5.32 Å². The Morgan fingerprint density at radius 1 is 0.915 bits per heavy atom. The molecule has 0 aromatic heterocycles. The van der Waals surface area contributed by atoms with Gasteiger partial charge in [-0.3, -0.25) is 9.59 Å². The Morgan fingerprint density at radius 3 is 2.32 bits per heavy atom. The summed E-state index contributed by atoms with van der Waals surface area (Å²) in [5, 5.41) is 24.3. The molecule has 1 heterocycles. The highest BCUT2D eigenvalue weighted by Crippen LogP contribution is 2.43. The predicted octanol–water partition coefficient (Wildman–Crippen LogP) is 8.82. The molecule has 6 nitrogen and oxygen atoms in total. The zero-order valence-electron chi connectivity index (χ0n) is 30.3. The third-order valence-electron chi connectivity index (χ3n) is 11.0. The lowest BCUT2D eigenvalue weighted by Crippen LogP contribution is -2.40. The monoisotopic (exact) mass is 655 g/mol. The van der Waals surface area contributed by atoms with Gasteiger partial charge in [0.2, 0.25) is 11.8 Å². The van der Waals surface area contributed by atoms with Crippen LogP contribution in [0.3, 0.4) is 0 Å². The third kappa shape index (κ3) is 15.4. The number of nitrogens with one attached hydrogen (secondary N) is 1.